The van der Waals surface area contributed by atoms with Crippen LogP contribution in [0.3, 0.4) is 0 Å². The van der Waals surface area contributed by atoms with Gasteiger partial charge in [0.15, 0.2) is 0 Å². The first kappa shape index (κ1) is 13.8. The van der Waals surface area contributed by atoms with Crippen LogP contribution >= 0.6 is 0 Å². The van der Waals surface area contributed by atoms with Crippen LogP contribution in [-0.2, 0) is 9.59 Å². The van der Waals surface area contributed by atoms with E-state index in [4.69, 9.17) is 0 Å². The Morgan fingerprint density at radius 3 is 2.81 bits per heavy atom. The molecule has 0 aromatic carbocycles. The zero-order valence-electron chi connectivity index (χ0n) is 12.3. The summed E-state index contributed by atoms with van der Waals surface area (Å²) in [5.41, 5.74) is 0.866. The SMILES string of the molecule is CC(=O)N1CC[C@H]1c1cc(N2CCNC(=O)C2)nc(C)n1. The van der Waals surface area contributed by atoms with Crippen LogP contribution in [0.4, 0.5) is 5.82 Å². The molecule has 21 heavy (non-hydrogen) atoms. The molecule has 2 amide bonds. The van der Waals surface area contributed by atoms with Crippen LogP contribution in [0.1, 0.15) is 30.9 Å². The van der Waals surface area contributed by atoms with Gasteiger partial charge in [-0.2, -0.15) is 0 Å². The fourth-order valence-corrected chi connectivity index (χ4v) is 2.81. The minimum absolute atomic E-state index is 0.00747. The number of carbonyl (C=O) groups excluding carboxylic acids is 2. The predicted molar refractivity (Wildman–Crippen MR) is 76.7 cm³/mol. The topological polar surface area (TPSA) is 78.4 Å². The summed E-state index contributed by atoms with van der Waals surface area (Å²) in [6.07, 6.45) is 0.927. The van der Waals surface area contributed by atoms with Crippen LogP contribution in [0.25, 0.3) is 0 Å². The van der Waals surface area contributed by atoms with Crippen molar-refractivity contribution in [3.05, 3.63) is 17.6 Å². The molecule has 112 valence electrons. The summed E-state index contributed by atoms with van der Waals surface area (Å²) in [5.74, 6) is 1.51. The largest absolute Gasteiger partial charge is 0.353 e. The van der Waals surface area contributed by atoms with Gasteiger partial charge in [-0.1, -0.05) is 0 Å². The molecular weight excluding hydrogens is 270 g/mol. The van der Waals surface area contributed by atoms with Gasteiger partial charge in [0.2, 0.25) is 11.8 Å². The second kappa shape index (κ2) is 5.31. The average Bonchev–Trinajstić information content (AvgIpc) is 2.36. The molecule has 0 radical (unpaired) electrons. The van der Waals surface area contributed by atoms with Crippen LogP contribution in [0.2, 0.25) is 0 Å². The van der Waals surface area contributed by atoms with Crippen molar-refractivity contribution in [2.24, 2.45) is 0 Å². The van der Waals surface area contributed by atoms with E-state index in [0.29, 0.717) is 18.9 Å². The first-order valence-electron chi connectivity index (χ1n) is 7.19. The Morgan fingerprint density at radius 2 is 2.19 bits per heavy atom. The standard InChI is InChI=1S/C14H19N5O2/c1-9-16-11(12-3-5-19(12)10(2)20)7-13(17-9)18-6-4-15-14(21)8-18/h7,12H,3-6,8H2,1-2H3,(H,15,21)/t12-/m0/s1. The van der Waals surface area contributed by atoms with Gasteiger partial charge in [-0.05, 0) is 13.3 Å². The molecule has 2 aliphatic rings. The quantitative estimate of drug-likeness (QED) is 0.830. The number of nitrogens with one attached hydrogen (secondary N) is 1. The molecule has 1 aromatic rings. The molecule has 0 spiro atoms. The highest BCUT2D eigenvalue weighted by atomic mass is 16.2. The lowest BCUT2D eigenvalue weighted by molar-refractivity contribution is -0.136. The maximum atomic E-state index is 11.5. The summed E-state index contributed by atoms with van der Waals surface area (Å²) >= 11 is 0. The predicted octanol–water partition coefficient (Wildman–Crippen LogP) is 0.0145. The van der Waals surface area contributed by atoms with Gasteiger partial charge in [0.05, 0.1) is 18.3 Å². The Kier molecular flexibility index (Phi) is 3.48. The molecule has 0 saturated carbocycles. The smallest absolute Gasteiger partial charge is 0.239 e. The van der Waals surface area contributed by atoms with Crippen molar-refractivity contribution in [2.75, 3.05) is 31.1 Å². The van der Waals surface area contributed by atoms with Gasteiger partial charge in [0.1, 0.15) is 11.6 Å². The van der Waals surface area contributed by atoms with Crippen molar-refractivity contribution in [2.45, 2.75) is 26.3 Å². The lowest BCUT2D eigenvalue weighted by atomic mass is 9.99. The number of carbonyl (C=O) groups is 2. The van der Waals surface area contributed by atoms with E-state index in [1.165, 1.54) is 0 Å². The third-order valence-corrected chi connectivity index (χ3v) is 3.97. The molecular formula is C14H19N5O2. The highest BCUT2D eigenvalue weighted by Crippen LogP contribution is 2.33. The third-order valence-electron chi connectivity index (χ3n) is 3.97. The number of hydrogen-bond acceptors (Lipinski definition) is 5. The van der Waals surface area contributed by atoms with Gasteiger partial charge in [0.25, 0.3) is 0 Å². The number of piperazine rings is 1. The van der Waals surface area contributed by atoms with Crippen LogP contribution in [0, 0.1) is 6.92 Å². The summed E-state index contributed by atoms with van der Waals surface area (Å²) in [5, 5.41) is 2.80. The van der Waals surface area contributed by atoms with E-state index in [2.05, 4.69) is 15.3 Å². The van der Waals surface area contributed by atoms with Crippen LogP contribution in [-0.4, -0.2) is 52.9 Å². The minimum atomic E-state index is 0.00747. The van der Waals surface area contributed by atoms with Crippen molar-refractivity contribution in [1.29, 1.82) is 0 Å². The molecule has 7 heteroatoms. The van der Waals surface area contributed by atoms with E-state index < -0.39 is 0 Å². The number of amides is 2. The maximum Gasteiger partial charge on any atom is 0.239 e. The fourth-order valence-electron chi connectivity index (χ4n) is 2.81. The average molecular weight is 289 g/mol. The molecule has 2 aliphatic heterocycles. The van der Waals surface area contributed by atoms with E-state index in [9.17, 15) is 9.59 Å². The van der Waals surface area contributed by atoms with E-state index in [-0.39, 0.29) is 17.9 Å². The Balaban J connectivity index is 1.86. The number of likely N-dealkylation sites (tertiary alicyclic amines) is 1. The Bertz CT molecular complexity index is 566. The van der Waals surface area contributed by atoms with E-state index in [1.807, 2.05) is 22.8 Å². The second-order valence-electron chi connectivity index (χ2n) is 5.49. The molecule has 1 atom stereocenters. The van der Waals surface area contributed by atoms with Crippen molar-refractivity contribution >= 4 is 17.6 Å². The number of aromatic nitrogens is 2. The Hall–Kier alpha value is -2.18. The summed E-state index contributed by atoms with van der Waals surface area (Å²) in [6.45, 7) is 5.88. The second-order valence-corrected chi connectivity index (χ2v) is 5.49. The highest BCUT2D eigenvalue weighted by Gasteiger charge is 2.33. The minimum Gasteiger partial charge on any atom is -0.353 e. The maximum absolute atomic E-state index is 11.5. The molecule has 2 fully saturated rings. The Labute approximate surface area is 123 Å². The molecule has 3 rings (SSSR count). The van der Waals surface area contributed by atoms with Gasteiger partial charge < -0.3 is 15.1 Å². The van der Waals surface area contributed by atoms with Crippen LogP contribution < -0.4 is 10.2 Å². The zero-order valence-corrected chi connectivity index (χ0v) is 12.3. The lowest BCUT2D eigenvalue weighted by Crippen LogP contribution is -2.48. The van der Waals surface area contributed by atoms with Gasteiger partial charge in [-0.3, -0.25) is 9.59 Å². The third kappa shape index (κ3) is 2.68. The van der Waals surface area contributed by atoms with Crippen molar-refractivity contribution in [3.8, 4) is 0 Å². The summed E-state index contributed by atoms with van der Waals surface area (Å²) in [7, 11) is 0. The summed E-state index contributed by atoms with van der Waals surface area (Å²) in [4.78, 5) is 35.7. The Morgan fingerprint density at radius 1 is 1.38 bits per heavy atom. The van der Waals surface area contributed by atoms with Gasteiger partial charge >= 0.3 is 0 Å². The van der Waals surface area contributed by atoms with E-state index in [1.54, 1.807) is 6.92 Å². The van der Waals surface area contributed by atoms with E-state index in [0.717, 1.165) is 31.0 Å². The normalized spacial score (nSPS) is 21.8. The van der Waals surface area contributed by atoms with Gasteiger partial charge in [0, 0.05) is 32.6 Å². The first-order chi connectivity index (χ1) is 10.0. The number of rotatable bonds is 2. The molecule has 3 heterocycles. The fraction of sp³-hybridized carbons (Fsp3) is 0.571. The number of hydrogen-bond donors (Lipinski definition) is 1. The monoisotopic (exact) mass is 289 g/mol. The molecule has 1 aromatic heterocycles. The van der Waals surface area contributed by atoms with Gasteiger partial charge in [-0.15, -0.1) is 0 Å². The van der Waals surface area contributed by atoms with Gasteiger partial charge in [-0.25, -0.2) is 9.97 Å². The summed E-state index contributed by atoms with van der Waals surface area (Å²) < 4.78 is 0. The number of nitrogens with zero attached hydrogens (tertiary/aromatic N) is 4. The highest BCUT2D eigenvalue weighted by molar-refractivity contribution is 5.82. The molecule has 0 unspecified atom stereocenters. The van der Waals surface area contributed by atoms with Crippen molar-refractivity contribution in [3.63, 3.8) is 0 Å². The molecule has 1 N–H and O–H groups in total. The van der Waals surface area contributed by atoms with Crippen LogP contribution in [0.15, 0.2) is 6.07 Å². The molecule has 2 saturated heterocycles. The molecule has 7 nitrogen and oxygen atoms in total. The molecule has 0 bridgehead atoms. The number of anilines is 1. The summed E-state index contributed by atoms with van der Waals surface area (Å²) in [6, 6.07) is 1.95. The van der Waals surface area contributed by atoms with E-state index >= 15 is 0 Å². The van der Waals surface area contributed by atoms with Crippen molar-refractivity contribution in [1.82, 2.24) is 20.2 Å². The number of aryl methyl sites for hydroxylation is 1. The van der Waals surface area contributed by atoms with Crippen molar-refractivity contribution < 1.29 is 9.59 Å². The van der Waals surface area contributed by atoms with Crippen LogP contribution in [0.5, 0.6) is 0 Å². The molecule has 0 aliphatic carbocycles. The lowest BCUT2D eigenvalue weighted by Gasteiger charge is -2.40. The first-order valence-corrected chi connectivity index (χ1v) is 7.19. The zero-order chi connectivity index (χ0) is 15.0.